The first-order chi connectivity index (χ1) is 12.9. The van der Waals surface area contributed by atoms with Crippen molar-refractivity contribution >= 4 is 35.1 Å². The van der Waals surface area contributed by atoms with Crippen LogP contribution >= 0.6 is 11.6 Å². The average Bonchev–Trinajstić information content (AvgIpc) is 2.64. The average molecular weight is 394 g/mol. The van der Waals surface area contributed by atoms with E-state index in [0.717, 1.165) is 18.6 Å². The second-order valence-corrected chi connectivity index (χ2v) is 5.87. The summed E-state index contributed by atoms with van der Waals surface area (Å²) in [6.45, 7) is 1.68. The molecule has 0 atom stereocenters. The van der Waals surface area contributed by atoms with Crippen molar-refractivity contribution in [3.05, 3.63) is 64.4 Å². The Morgan fingerprint density at radius 3 is 2.37 bits per heavy atom. The molecule has 6 nitrogen and oxygen atoms in total. The predicted molar refractivity (Wildman–Crippen MR) is 97.3 cm³/mol. The Morgan fingerprint density at radius 2 is 1.74 bits per heavy atom. The summed E-state index contributed by atoms with van der Waals surface area (Å²) in [5.41, 5.74) is 0.738. The molecule has 142 valence electrons. The summed E-state index contributed by atoms with van der Waals surface area (Å²) in [7, 11) is 0. The number of amides is 1. The molecule has 0 unspecified atom stereocenters. The van der Waals surface area contributed by atoms with Crippen LogP contribution in [0, 0.1) is 5.82 Å². The van der Waals surface area contributed by atoms with Crippen molar-refractivity contribution < 1.29 is 28.2 Å². The molecule has 2 aromatic carbocycles. The van der Waals surface area contributed by atoms with Gasteiger partial charge in [0.1, 0.15) is 5.82 Å². The van der Waals surface area contributed by atoms with E-state index in [1.165, 1.54) is 30.3 Å². The molecule has 0 aliphatic carbocycles. The monoisotopic (exact) mass is 393 g/mol. The van der Waals surface area contributed by atoms with E-state index in [-0.39, 0.29) is 10.6 Å². The van der Waals surface area contributed by atoms with E-state index in [1.54, 1.807) is 0 Å². The molecular formula is C19H17ClFNO5. The highest BCUT2D eigenvalue weighted by atomic mass is 35.5. The number of anilines is 1. The molecule has 1 amide bonds. The second-order valence-electron chi connectivity index (χ2n) is 5.46. The van der Waals surface area contributed by atoms with Crippen LogP contribution in [0.1, 0.15) is 34.1 Å². The van der Waals surface area contributed by atoms with Gasteiger partial charge in [0.25, 0.3) is 5.91 Å². The normalized spacial score (nSPS) is 10.2. The van der Waals surface area contributed by atoms with Crippen LogP contribution in [-0.2, 0) is 14.3 Å². The summed E-state index contributed by atoms with van der Waals surface area (Å²) >= 11 is 5.76. The van der Waals surface area contributed by atoms with Crippen molar-refractivity contribution in [2.24, 2.45) is 0 Å². The molecule has 0 aromatic heterocycles. The van der Waals surface area contributed by atoms with Gasteiger partial charge in [0.05, 0.1) is 22.8 Å². The zero-order valence-electron chi connectivity index (χ0n) is 14.5. The predicted octanol–water partition coefficient (Wildman–Crippen LogP) is 3.84. The molecule has 0 saturated carbocycles. The van der Waals surface area contributed by atoms with Crippen LogP contribution in [0.15, 0.2) is 42.5 Å². The minimum Gasteiger partial charge on any atom is -0.462 e. The van der Waals surface area contributed by atoms with Crippen LogP contribution in [0.3, 0.4) is 0 Å². The maximum atomic E-state index is 13.0. The lowest BCUT2D eigenvalue weighted by Gasteiger charge is -2.08. The number of hydrogen-bond donors (Lipinski definition) is 1. The van der Waals surface area contributed by atoms with Gasteiger partial charge >= 0.3 is 11.9 Å². The molecule has 0 radical (unpaired) electrons. The van der Waals surface area contributed by atoms with Crippen LogP contribution in [-0.4, -0.2) is 31.1 Å². The van der Waals surface area contributed by atoms with Crippen molar-refractivity contribution in [3.8, 4) is 0 Å². The summed E-state index contributed by atoms with van der Waals surface area (Å²) in [5, 5.41) is 2.41. The van der Waals surface area contributed by atoms with Crippen molar-refractivity contribution in [2.45, 2.75) is 13.3 Å². The first-order valence-corrected chi connectivity index (χ1v) is 8.47. The first kappa shape index (κ1) is 20.4. The number of nitrogens with one attached hydrogen (secondary N) is 1. The highest BCUT2D eigenvalue weighted by molar-refractivity contribution is 6.33. The standard InChI is InChI=1S/C19H17ClFNO5/c1-2-9-26-18(24)12-3-6-14(7-4-12)22-17(23)11-27-19(25)15-8-5-13(21)10-16(15)20/h3-8,10H,2,9,11H2,1H3,(H,22,23). The van der Waals surface area contributed by atoms with Gasteiger partial charge in [0.15, 0.2) is 6.61 Å². The largest absolute Gasteiger partial charge is 0.462 e. The lowest BCUT2D eigenvalue weighted by Crippen LogP contribution is -2.21. The highest BCUT2D eigenvalue weighted by Crippen LogP contribution is 2.18. The lowest BCUT2D eigenvalue weighted by atomic mass is 10.2. The first-order valence-electron chi connectivity index (χ1n) is 8.10. The van der Waals surface area contributed by atoms with E-state index in [2.05, 4.69) is 5.32 Å². The fraction of sp³-hybridized carbons (Fsp3) is 0.211. The van der Waals surface area contributed by atoms with E-state index in [4.69, 9.17) is 21.1 Å². The van der Waals surface area contributed by atoms with Gasteiger partial charge in [-0.3, -0.25) is 4.79 Å². The number of halogens is 2. The third kappa shape index (κ3) is 6.07. The number of carbonyl (C=O) groups excluding carboxylic acids is 3. The van der Waals surface area contributed by atoms with Gasteiger partial charge in [-0.1, -0.05) is 18.5 Å². The summed E-state index contributed by atoms with van der Waals surface area (Å²) in [4.78, 5) is 35.5. The van der Waals surface area contributed by atoms with Crippen LogP contribution in [0.2, 0.25) is 5.02 Å². The van der Waals surface area contributed by atoms with Crippen molar-refractivity contribution in [2.75, 3.05) is 18.5 Å². The zero-order chi connectivity index (χ0) is 19.8. The van der Waals surface area contributed by atoms with E-state index < -0.39 is 30.3 Å². The number of carbonyl (C=O) groups is 3. The number of rotatable bonds is 7. The summed E-state index contributed by atoms with van der Waals surface area (Å²) in [6, 6.07) is 9.29. The zero-order valence-corrected chi connectivity index (χ0v) is 15.2. The van der Waals surface area contributed by atoms with E-state index >= 15 is 0 Å². The van der Waals surface area contributed by atoms with Gasteiger partial charge in [0.2, 0.25) is 0 Å². The van der Waals surface area contributed by atoms with Crippen molar-refractivity contribution in [3.63, 3.8) is 0 Å². The summed E-state index contributed by atoms with van der Waals surface area (Å²) in [5.74, 6) is -2.46. The molecule has 0 fully saturated rings. The number of esters is 2. The molecule has 1 N–H and O–H groups in total. The molecule has 0 aliphatic rings. The van der Waals surface area contributed by atoms with Gasteiger partial charge in [0, 0.05) is 5.69 Å². The maximum Gasteiger partial charge on any atom is 0.340 e. The van der Waals surface area contributed by atoms with Crippen LogP contribution in [0.5, 0.6) is 0 Å². The van der Waals surface area contributed by atoms with Gasteiger partial charge in [-0.25, -0.2) is 14.0 Å². The maximum absolute atomic E-state index is 13.0. The van der Waals surface area contributed by atoms with E-state index in [0.29, 0.717) is 17.9 Å². The Morgan fingerprint density at radius 1 is 1.04 bits per heavy atom. The van der Waals surface area contributed by atoms with Gasteiger partial charge in [-0.05, 0) is 48.9 Å². The molecule has 0 spiro atoms. The molecule has 2 rings (SSSR count). The second kappa shape index (κ2) is 9.68. The molecule has 0 aliphatic heterocycles. The van der Waals surface area contributed by atoms with Gasteiger partial charge in [-0.15, -0.1) is 0 Å². The molecule has 8 heteroatoms. The quantitative estimate of drug-likeness (QED) is 0.723. The summed E-state index contributed by atoms with van der Waals surface area (Å²) < 4.78 is 22.8. The fourth-order valence-corrected chi connectivity index (χ4v) is 2.27. The molecular weight excluding hydrogens is 377 g/mol. The lowest BCUT2D eigenvalue weighted by molar-refractivity contribution is -0.119. The fourth-order valence-electron chi connectivity index (χ4n) is 2.03. The smallest absolute Gasteiger partial charge is 0.340 e. The molecule has 27 heavy (non-hydrogen) atoms. The Balaban J connectivity index is 1.86. The summed E-state index contributed by atoms with van der Waals surface area (Å²) in [6.07, 6.45) is 0.724. The Hall–Kier alpha value is -2.93. The van der Waals surface area contributed by atoms with Crippen LogP contribution in [0.25, 0.3) is 0 Å². The van der Waals surface area contributed by atoms with Crippen LogP contribution in [0.4, 0.5) is 10.1 Å². The topological polar surface area (TPSA) is 81.7 Å². The number of hydrogen-bond acceptors (Lipinski definition) is 5. The van der Waals surface area contributed by atoms with E-state index in [9.17, 15) is 18.8 Å². The molecule has 2 aromatic rings. The molecule has 0 heterocycles. The molecule has 0 bridgehead atoms. The Bertz CT molecular complexity index is 838. The SMILES string of the molecule is CCCOC(=O)c1ccc(NC(=O)COC(=O)c2ccc(F)cc2Cl)cc1. The minimum absolute atomic E-state index is 0.0409. The van der Waals surface area contributed by atoms with Gasteiger partial charge < -0.3 is 14.8 Å². The van der Waals surface area contributed by atoms with Crippen LogP contribution < -0.4 is 5.32 Å². The van der Waals surface area contributed by atoms with Crippen molar-refractivity contribution in [1.82, 2.24) is 0 Å². The highest BCUT2D eigenvalue weighted by Gasteiger charge is 2.14. The third-order valence-electron chi connectivity index (χ3n) is 3.33. The Labute approximate surface area is 160 Å². The van der Waals surface area contributed by atoms with Crippen molar-refractivity contribution in [1.29, 1.82) is 0 Å². The van der Waals surface area contributed by atoms with E-state index in [1.807, 2.05) is 6.92 Å². The number of ether oxygens (including phenoxy) is 2. The number of benzene rings is 2. The Kier molecular flexibility index (Phi) is 7.31. The third-order valence-corrected chi connectivity index (χ3v) is 3.64. The minimum atomic E-state index is -0.843. The molecule has 0 saturated heterocycles. The van der Waals surface area contributed by atoms with Gasteiger partial charge in [-0.2, -0.15) is 0 Å².